The Labute approximate surface area is 143 Å². The molecule has 0 spiro atoms. The summed E-state index contributed by atoms with van der Waals surface area (Å²) in [6.45, 7) is 6.19. The van der Waals surface area contributed by atoms with Crippen molar-refractivity contribution in [2.75, 3.05) is 19.8 Å². The van der Waals surface area contributed by atoms with Gasteiger partial charge in [0.1, 0.15) is 18.9 Å². The number of ether oxygens (including phenoxy) is 2. The van der Waals surface area contributed by atoms with E-state index in [-0.39, 0.29) is 0 Å². The van der Waals surface area contributed by atoms with Crippen molar-refractivity contribution in [2.24, 2.45) is 0 Å². The van der Waals surface area contributed by atoms with Gasteiger partial charge in [0.15, 0.2) is 0 Å². The quantitative estimate of drug-likeness (QED) is 0.676. The Morgan fingerprint density at radius 1 is 1.04 bits per heavy atom. The topological polar surface area (TPSA) is 35.1 Å². The number of nitrogens with two attached hydrogens (primary N) is 1. The monoisotopic (exact) mass is 334 g/mol. The summed E-state index contributed by atoms with van der Waals surface area (Å²) in [4.78, 5) is 0. The molecule has 0 heterocycles. The molecule has 2 rings (SSSR count). The van der Waals surface area contributed by atoms with Gasteiger partial charge in [0.25, 0.3) is 0 Å². The maximum Gasteiger partial charge on any atom is 0.128 e. The molecule has 0 aromatic heterocycles. The van der Waals surface area contributed by atoms with Gasteiger partial charge in [0.05, 0.1) is 13.2 Å². The van der Waals surface area contributed by atoms with E-state index in [1.807, 2.05) is 43.3 Å². The average Bonchev–Trinajstić information content (AvgIpc) is 2.58. The van der Waals surface area contributed by atoms with Crippen molar-refractivity contribution < 1.29 is 14.8 Å². The third-order valence-electron chi connectivity index (χ3n) is 3.55. The molecule has 0 amide bonds. The van der Waals surface area contributed by atoms with Crippen molar-refractivity contribution in [1.29, 1.82) is 0 Å². The summed E-state index contributed by atoms with van der Waals surface area (Å²) in [5, 5.41) is 3.04. The Kier molecular flexibility index (Phi) is 7.95. The summed E-state index contributed by atoms with van der Waals surface area (Å²) in [6.07, 6.45) is 1.07. The van der Waals surface area contributed by atoms with Gasteiger partial charge >= 0.3 is 0 Å². The maximum absolute atomic E-state index is 5.97. The van der Waals surface area contributed by atoms with Crippen LogP contribution in [-0.2, 0) is 17.9 Å². The summed E-state index contributed by atoms with van der Waals surface area (Å²) in [5.74, 6) is 0.948. The Bertz CT molecular complexity index is 572. The second kappa shape index (κ2) is 10.3. The molecule has 2 aromatic carbocycles. The van der Waals surface area contributed by atoms with Crippen LogP contribution in [0.5, 0.6) is 5.75 Å². The number of quaternary nitrogens is 1. The highest BCUT2D eigenvalue weighted by Gasteiger charge is 2.05. The fraction of sp³-hybridized carbons (Fsp3) is 0.368. The van der Waals surface area contributed by atoms with Crippen molar-refractivity contribution in [3.8, 4) is 5.75 Å². The second-order valence-electron chi connectivity index (χ2n) is 5.35. The van der Waals surface area contributed by atoms with E-state index in [0.29, 0.717) is 6.61 Å². The lowest BCUT2D eigenvalue weighted by atomic mass is 10.2. The van der Waals surface area contributed by atoms with E-state index in [1.165, 1.54) is 5.56 Å². The van der Waals surface area contributed by atoms with Gasteiger partial charge in [-0.25, -0.2) is 0 Å². The van der Waals surface area contributed by atoms with Gasteiger partial charge in [0.2, 0.25) is 0 Å². The van der Waals surface area contributed by atoms with Gasteiger partial charge < -0.3 is 14.8 Å². The van der Waals surface area contributed by atoms with Gasteiger partial charge in [-0.1, -0.05) is 35.9 Å². The molecule has 2 N–H and O–H groups in total. The lowest BCUT2D eigenvalue weighted by Crippen LogP contribution is -2.82. The van der Waals surface area contributed by atoms with Crippen LogP contribution >= 0.6 is 11.6 Å². The Balaban J connectivity index is 1.81. The van der Waals surface area contributed by atoms with Crippen LogP contribution in [0, 0.1) is 0 Å². The van der Waals surface area contributed by atoms with Crippen LogP contribution in [0.15, 0.2) is 48.5 Å². The molecule has 0 fully saturated rings. The van der Waals surface area contributed by atoms with Gasteiger partial charge in [-0.3, -0.25) is 0 Å². The second-order valence-corrected chi connectivity index (χ2v) is 5.79. The van der Waals surface area contributed by atoms with Crippen LogP contribution < -0.4 is 10.1 Å². The Morgan fingerprint density at radius 2 is 1.83 bits per heavy atom. The minimum atomic E-state index is 0.554. The molecule has 0 aliphatic rings. The van der Waals surface area contributed by atoms with E-state index in [1.54, 1.807) is 0 Å². The predicted octanol–water partition coefficient (Wildman–Crippen LogP) is 3.41. The number of halogens is 1. The molecular formula is C19H25ClNO2+. The highest BCUT2D eigenvalue weighted by molar-refractivity contribution is 6.30. The molecule has 23 heavy (non-hydrogen) atoms. The van der Waals surface area contributed by atoms with Crippen LogP contribution in [0.4, 0.5) is 0 Å². The molecule has 0 aliphatic carbocycles. The molecule has 0 aliphatic heterocycles. The molecule has 0 bridgehead atoms. The van der Waals surface area contributed by atoms with Crippen molar-refractivity contribution in [1.82, 2.24) is 0 Å². The first kappa shape index (κ1) is 17.8. The molecule has 4 heteroatoms. The van der Waals surface area contributed by atoms with Crippen molar-refractivity contribution in [2.45, 2.75) is 26.5 Å². The first-order valence-corrected chi connectivity index (χ1v) is 8.52. The first-order chi connectivity index (χ1) is 11.3. The zero-order chi connectivity index (χ0) is 16.3. The van der Waals surface area contributed by atoms with E-state index in [4.69, 9.17) is 21.1 Å². The van der Waals surface area contributed by atoms with Crippen molar-refractivity contribution in [3.05, 3.63) is 64.7 Å². The molecule has 0 saturated heterocycles. The van der Waals surface area contributed by atoms with E-state index in [9.17, 15) is 0 Å². The van der Waals surface area contributed by atoms with E-state index >= 15 is 0 Å². The summed E-state index contributed by atoms with van der Waals surface area (Å²) in [6, 6.07) is 16.0. The van der Waals surface area contributed by atoms with E-state index in [2.05, 4.69) is 17.4 Å². The van der Waals surface area contributed by atoms with E-state index in [0.717, 1.165) is 49.1 Å². The molecule has 0 unspecified atom stereocenters. The highest BCUT2D eigenvalue weighted by atomic mass is 35.5. The minimum Gasteiger partial charge on any atom is -0.488 e. The smallest absolute Gasteiger partial charge is 0.128 e. The van der Waals surface area contributed by atoms with E-state index < -0.39 is 0 Å². The molecule has 3 nitrogen and oxygen atoms in total. The number of rotatable bonds is 10. The molecular weight excluding hydrogens is 310 g/mol. The summed E-state index contributed by atoms with van der Waals surface area (Å²) in [7, 11) is 0. The van der Waals surface area contributed by atoms with Gasteiger partial charge in [0, 0.05) is 23.6 Å². The number of para-hydroxylation sites is 1. The Morgan fingerprint density at radius 3 is 2.61 bits per heavy atom. The normalized spacial score (nSPS) is 10.7. The standard InChI is InChI=1S/C19H24ClNO2/c1-2-22-13-5-12-21-14-17-6-3-4-7-19(17)23-15-16-8-10-18(20)11-9-16/h3-4,6-11,21H,2,5,12-15H2,1H3/p+1. The van der Waals surface area contributed by atoms with Gasteiger partial charge in [-0.05, 0) is 36.8 Å². The maximum atomic E-state index is 5.97. The largest absolute Gasteiger partial charge is 0.488 e. The third-order valence-corrected chi connectivity index (χ3v) is 3.80. The van der Waals surface area contributed by atoms with Gasteiger partial charge in [-0.2, -0.15) is 0 Å². The highest BCUT2D eigenvalue weighted by Crippen LogP contribution is 2.19. The fourth-order valence-electron chi connectivity index (χ4n) is 2.29. The van der Waals surface area contributed by atoms with Crippen LogP contribution in [0.2, 0.25) is 5.02 Å². The number of hydrogen-bond acceptors (Lipinski definition) is 2. The van der Waals surface area contributed by atoms with Crippen LogP contribution in [-0.4, -0.2) is 19.8 Å². The Hall–Kier alpha value is -1.55. The third kappa shape index (κ3) is 6.61. The minimum absolute atomic E-state index is 0.554. The first-order valence-electron chi connectivity index (χ1n) is 8.14. The van der Waals surface area contributed by atoms with Crippen molar-refractivity contribution in [3.63, 3.8) is 0 Å². The van der Waals surface area contributed by atoms with Gasteiger partial charge in [-0.15, -0.1) is 0 Å². The van der Waals surface area contributed by atoms with Crippen LogP contribution in [0.3, 0.4) is 0 Å². The lowest BCUT2D eigenvalue weighted by molar-refractivity contribution is -0.671. The van der Waals surface area contributed by atoms with Crippen LogP contribution in [0.25, 0.3) is 0 Å². The zero-order valence-corrected chi connectivity index (χ0v) is 14.4. The SMILES string of the molecule is CCOCCC[NH2+]Cc1ccccc1OCc1ccc(Cl)cc1. The summed E-state index contributed by atoms with van der Waals surface area (Å²) < 4.78 is 11.3. The van der Waals surface area contributed by atoms with Crippen LogP contribution in [0.1, 0.15) is 24.5 Å². The zero-order valence-electron chi connectivity index (χ0n) is 13.6. The van der Waals surface area contributed by atoms with Crippen molar-refractivity contribution >= 4 is 11.6 Å². The lowest BCUT2D eigenvalue weighted by Gasteiger charge is -2.11. The molecule has 2 aromatic rings. The molecule has 0 saturated carbocycles. The molecule has 0 atom stereocenters. The average molecular weight is 335 g/mol. The predicted molar refractivity (Wildman–Crippen MR) is 93.8 cm³/mol. The molecule has 0 radical (unpaired) electrons. The number of hydrogen-bond donors (Lipinski definition) is 1. The molecule has 124 valence electrons. The fourth-order valence-corrected chi connectivity index (χ4v) is 2.41. The number of benzene rings is 2. The summed E-state index contributed by atoms with van der Waals surface area (Å²) >= 11 is 5.90. The summed E-state index contributed by atoms with van der Waals surface area (Å²) in [5.41, 5.74) is 2.34.